The lowest BCUT2D eigenvalue weighted by molar-refractivity contribution is 0.592. The molecular weight excluding hydrogens is 271 g/mol. The van der Waals surface area contributed by atoms with E-state index in [-0.39, 0.29) is 5.75 Å². The molecule has 0 aliphatic heterocycles. The Bertz CT molecular complexity index is 442. The Kier molecular flexibility index (Phi) is 5.01. The standard InChI is InChI=1S/C9H12Cl2N2O2S/c10-8-3-7(4-9(11)5-8)6-13-1-2-16(12,14)15/h3-5,13H,1-2,6H2,(H2,12,14,15). The van der Waals surface area contributed by atoms with Crippen LogP contribution in [0.3, 0.4) is 0 Å². The summed E-state index contributed by atoms with van der Waals surface area (Å²) in [6.07, 6.45) is 0. The number of rotatable bonds is 5. The van der Waals surface area contributed by atoms with E-state index in [9.17, 15) is 8.42 Å². The van der Waals surface area contributed by atoms with E-state index >= 15 is 0 Å². The van der Waals surface area contributed by atoms with E-state index in [4.69, 9.17) is 28.3 Å². The van der Waals surface area contributed by atoms with Gasteiger partial charge in [0, 0.05) is 23.1 Å². The number of nitrogens with two attached hydrogens (primary N) is 1. The molecule has 0 amide bonds. The van der Waals surface area contributed by atoms with Crippen LogP contribution in [-0.2, 0) is 16.6 Å². The van der Waals surface area contributed by atoms with E-state index in [2.05, 4.69) is 5.32 Å². The van der Waals surface area contributed by atoms with E-state index in [1.807, 2.05) is 0 Å². The first-order valence-corrected chi connectivity index (χ1v) is 7.00. The summed E-state index contributed by atoms with van der Waals surface area (Å²) in [4.78, 5) is 0. The molecule has 0 heterocycles. The molecule has 0 fully saturated rings. The van der Waals surface area contributed by atoms with Gasteiger partial charge in [0.05, 0.1) is 5.75 Å². The lowest BCUT2D eigenvalue weighted by Gasteiger charge is -2.05. The first-order chi connectivity index (χ1) is 7.37. The average molecular weight is 283 g/mol. The molecule has 1 rings (SSSR count). The van der Waals surface area contributed by atoms with Crippen LogP contribution in [0.5, 0.6) is 0 Å². The van der Waals surface area contributed by atoms with Crippen molar-refractivity contribution >= 4 is 33.2 Å². The number of hydrogen-bond acceptors (Lipinski definition) is 3. The van der Waals surface area contributed by atoms with Crippen molar-refractivity contribution in [2.75, 3.05) is 12.3 Å². The summed E-state index contributed by atoms with van der Waals surface area (Å²) in [5.41, 5.74) is 0.895. The number of halogens is 2. The van der Waals surface area contributed by atoms with Crippen molar-refractivity contribution in [3.05, 3.63) is 33.8 Å². The Morgan fingerprint density at radius 1 is 1.19 bits per heavy atom. The molecule has 0 atom stereocenters. The van der Waals surface area contributed by atoms with Crippen LogP contribution in [0.15, 0.2) is 18.2 Å². The second-order valence-corrected chi connectivity index (χ2v) is 5.93. The SMILES string of the molecule is NS(=O)(=O)CCNCc1cc(Cl)cc(Cl)c1. The topological polar surface area (TPSA) is 72.2 Å². The summed E-state index contributed by atoms with van der Waals surface area (Å²) in [6.45, 7) is 0.790. The van der Waals surface area contributed by atoms with E-state index < -0.39 is 10.0 Å². The minimum absolute atomic E-state index is 0.0959. The third-order valence-corrected chi connectivity index (χ3v) is 3.02. The third kappa shape index (κ3) is 5.67. The van der Waals surface area contributed by atoms with Crippen LogP contribution in [-0.4, -0.2) is 20.7 Å². The fourth-order valence-corrected chi connectivity index (χ4v) is 2.16. The van der Waals surface area contributed by atoms with Crippen molar-refractivity contribution in [2.45, 2.75) is 6.54 Å². The van der Waals surface area contributed by atoms with Gasteiger partial charge >= 0.3 is 0 Å². The number of primary sulfonamides is 1. The number of sulfonamides is 1. The van der Waals surface area contributed by atoms with Crippen molar-refractivity contribution in [2.24, 2.45) is 5.14 Å². The fourth-order valence-electron chi connectivity index (χ4n) is 1.16. The van der Waals surface area contributed by atoms with Gasteiger partial charge in [0.25, 0.3) is 0 Å². The molecule has 0 aliphatic carbocycles. The molecule has 3 N–H and O–H groups in total. The summed E-state index contributed by atoms with van der Waals surface area (Å²) in [5.74, 6) is -0.0959. The van der Waals surface area contributed by atoms with E-state index in [0.29, 0.717) is 23.1 Å². The molecule has 0 spiro atoms. The zero-order chi connectivity index (χ0) is 12.2. The number of hydrogen-bond donors (Lipinski definition) is 2. The fraction of sp³-hybridized carbons (Fsp3) is 0.333. The van der Waals surface area contributed by atoms with Gasteiger partial charge in [0.15, 0.2) is 0 Å². The Balaban J connectivity index is 2.43. The normalized spacial score (nSPS) is 11.7. The van der Waals surface area contributed by atoms with Gasteiger partial charge in [-0.1, -0.05) is 23.2 Å². The monoisotopic (exact) mass is 282 g/mol. The summed E-state index contributed by atoms with van der Waals surface area (Å²) in [6, 6.07) is 5.16. The first-order valence-electron chi connectivity index (χ1n) is 4.53. The van der Waals surface area contributed by atoms with Crippen molar-refractivity contribution in [1.82, 2.24) is 5.32 Å². The Labute approximate surface area is 105 Å². The summed E-state index contributed by atoms with van der Waals surface area (Å²) >= 11 is 11.6. The lowest BCUT2D eigenvalue weighted by Crippen LogP contribution is -2.26. The highest BCUT2D eigenvalue weighted by molar-refractivity contribution is 7.89. The zero-order valence-electron chi connectivity index (χ0n) is 8.41. The molecule has 90 valence electrons. The zero-order valence-corrected chi connectivity index (χ0v) is 10.7. The molecule has 0 saturated heterocycles. The van der Waals surface area contributed by atoms with Gasteiger partial charge in [0.1, 0.15) is 0 Å². The van der Waals surface area contributed by atoms with Crippen LogP contribution < -0.4 is 10.5 Å². The third-order valence-electron chi connectivity index (χ3n) is 1.81. The Hall–Kier alpha value is -0.330. The molecular formula is C9H12Cl2N2O2S. The van der Waals surface area contributed by atoms with E-state index in [1.54, 1.807) is 18.2 Å². The first kappa shape index (κ1) is 13.7. The van der Waals surface area contributed by atoms with Gasteiger partial charge in [-0.15, -0.1) is 0 Å². The molecule has 0 radical (unpaired) electrons. The quantitative estimate of drug-likeness (QED) is 0.802. The lowest BCUT2D eigenvalue weighted by atomic mass is 10.2. The molecule has 0 saturated carbocycles. The van der Waals surface area contributed by atoms with Crippen molar-refractivity contribution in [1.29, 1.82) is 0 Å². The minimum Gasteiger partial charge on any atom is -0.312 e. The molecule has 1 aromatic carbocycles. The molecule has 16 heavy (non-hydrogen) atoms. The summed E-state index contributed by atoms with van der Waals surface area (Å²) in [5, 5.41) is 8.89. The number of benzene rings is 1. The van der Waals surface area contributed by atoms with Crippen LogP contribution in [0.1, 0.15) is 5.56 Å². The van der Waals surface area contributed by atoms with E-state index in [0.717, 1.165) is 5.56 Å². The summed E-state index contributed by atoms with van der Waals surface area (Å²) < 4.78 is 21.3. The molecule has 0 unspecified atom stereocenters. The maximum absolute atomic E-state index is 10.6. The van der Waals surface area contributed by atoms with Crippen LogP contribution >= 0.6 is 23.2 Å². The van der Waals surface area contributed by atoms with Crippen LogP contribution in [0.25, 0.3) is 0 Å². The number of nitrogens with one attached hydrogen (secondary N) is 1. The van der Waals surface area contributed by atoms with Crippen LogP contribution in [0.2, 0.25) is 10.0 Å². The molecule has 0 bridgehead atoms. The average Bonchev–Trinajstić information content (AvgIpc) is 2.09. The Morgan fingerprint density at radius 2 is 1.75 bits per heavy atom. The molecule has 4 nitrogen and oxygen atoms in total. The van der Waals surface area contributed by atoms with Gasteiger partial charge < -0.3 is 5.32 Å². The van der Waals surface area contributed by atoms with Gasteiger partial charge in [-0.3, -0.25) is 0 Å². The van der Waals surface area contributed by atoms with E-state index in [1.165, 1.54) is 0 Å². The molecule has 1 aromatic rings. The predicted octanol–water partition coefficient (Wildman–Crippen LogP) is 1.37. The summed E-state index contributed by atoms with van der Waals surface area (Å²) in [7, 11) is -3.41. The largest absolute Gasteiger partial charge is 0.312 e. The highest BCUT2D eigenvalue weighted by Crippen LogP contribution is 2.18. The highest BCUT2D eigenvalue weighted by Gasteiger charge is 2.02. The highest BCUT2D eigenvalue weighted by atomic mass is 35.5. The molecule has 0 aromatic heterocycles. The van der Waals surface area contributed by atoms with Crippen molar-refractivity contribution in [3.63, 3.8) is 0 Å². The maximum atomic E-state index is 10.6. The van der Waals surface area contributed by atoms with Gasteiger partial charge in [-0.2, -0.15) is 0 Å². The van der Waals surface area contributed by atoms with Gasteiger partial charge in [-0.05, 0) is 23.8 Å². The van der Waals surface area contributed by atoms with Crippen LogP contribution in [0, 0.1) is 0 Å². The maximum Gasteiger partial charge on any atom is 0.210 e. The van der Waals surface area contributed by atoms with Gasteiger partial charge in [-0.25, -0.2) is 13.6 Å². The molecule has 0 aliphatic rings. The van der Waals surface area contributed by atoms with Crippen molar-refractivity contribution in [3.8, 4) is 0 Å². The van der Waals surface area contributed by atoms with Gasteiger partial charge in [0.2, 0.25) is 10.0 Å². The second-order valence-electron chi connectivity index (χ2n) is 3.32. The minimum atomic E-state index is -3.41. The van der Waals surface area contributed by atoms with Crippen molar-refractivity contribution < 1.29 is 8.42 Å². The van der Waals surface area contributed by atoms with Crippen LogP contribution in [0.4, 0.5) is 0 Å². The second kappa shape index (κ2) is 5.84. The molecule has 7 heteroatoms. The predicted molar refractivity (Wildman–Crippen MR) is 66.1 cm³/mol. The Morgan fingerprint density at radius 3 is 2.25 bits per heavy atom. The smallest absolute Gasteiger partial charge is 0.210 e.